The quantitative estimate of drug-likeness (QED) is 0.551. The summed E-state index contributed by atoms with van der Waals surface area (Å²) in [6.07, 6.45) is 4.25. The summed E-state index contributed by atoms with van der Waals surface area (Å²) in [6.45, 7) is 1.14. The number of halogens is 1. The molecule has 0 fully saturated rings. The Morgan fingerprint density at radius 2 is 2.11 bits per heavy atom. The van der Waals surface area contributed by atoms with Crippen molar-refractivity contribution < 1.29 is 0 Å². The van der Waals surface area contributed by atoms with Crippen LogP contribution < -0.4 is 0 Å². The lowest BCUT2D eigenvalue weighted by Crippen LogP contribution is -2.12. The lowest BCUT2D eigenvalue weighted by molar-refractivity contribution is 0.402. The molecule has 0 aliphatic heterocycles. The van der Waals surface area contributed by atoms with E-state index in [0.717, 1.165) is 13.0 Å². The van der Waals surface area contributed by atoms with E-state index < -0.39 is 0 Å². The Morgan fingerprint density at radius 1 is 1.44 bits per heavy atom. The number of unbranched alkanes of at least 4 members (excludes halogenated alkanes) is 1. The SMILES string of the molecule is CN(C)CCC/C=C\Cl. The first-order chi connectivity index (χ1) is 4.27. The van der Waals surface area contributed by atoms with Gasteiger partial charge >= 0.3 is 0 Å². The van der Waals surface area contributed by atoms with E-state index >= 15 is 0 Å². The Hall–Kier alpha value is -0.0100. The van der Waals surface area contributed by atoms with Crippen molar-refractivity contribution in [2.24, 2.45) is 0 Å². The standard InChI is InChI=1S/C7H14ClN/c1-9(2)7-5-3-4-6-8/h4,6H,3,5,7H2,1-2H3/b6-4-. The minimum atomic E-state index is 1.08. The van der Waals surface area contributed by atoms with E-state index in [4.69, 9.17) is 11.6 Å². The highest BCUT2D eigenvalue weighted by Gasteiger charge is 1.85. The predicted molar refractivity (Wildman–Crippen MR) is 42.8 cm³/mol. The van der Waals surface area contributed by atoms with Gasteiger partial charge in [-0.2, -0.15) is 0 Å². The highest BCUT2D eigenvalue weighted by atomic mass is 35.5. The Balaban J connectivity index is 2.91. The summed E-state index contributed by atoms with van der Waals surface area (Å²) in [5.41, 5.74) is 1.58. The lowest BCUT2D eigenvalue weighted by Gasteiger charge is -2.06. The largest absolute Gasteiger partial charge is 0.309 e. The Morgan fingerprint density at radius 3 is 2.56 bits per heavy atom. The van der Waals surface area contributed by atoms with E-state index in [2.05, 4.69) is 19.0 Å². The van der Waals surface area contributed by atoms with Gasteiger partial charge in [-0.15, -0.1) is 0 Å². The molecule has 0 spiro atoms. The third-order valence-electron chi connectivity index (χ3n) is 1.07. The average Bonchev–Trinajstić information content (AvgIpc) is 1.80. The molecular weight excluding hydrogens is 134 g/mol. The molecule has 0 aliphatic carbocycles. The van der Waals surface area contributed by atoms with Gasteiger partial charge in [0, 0.05) is 5.54 Å². The third kappa shape index (κ3) is 7.99. The van der Waals surface area contributed by atoms with Crippen LogP contribution in [0.25, 0.3) is 0 Å². The van der Waals surface area contributed by atoms with Gasteiger partial charge in [0.25, 0.3) is 0 Å². The molecule has 0 saturated carbocycles. The lowest BCUT2D eigenvalue weighted by atomic mass is 10.3. The third-order valence-corrected chi connectivity index (χ3v) is 1.24. The van der Waals surface area contributed by atoms with Crippen LogP contribution in [0.4, 0.5) is 0 Å². The summed E-state index contributed by atoms with van der Waals surface area (Å²) >= 11 is 5.32. The van der Waals surface area contributed by atoms with E-state index in [1.54, 1.807) is 5.54 Å². The smallest absolute Gasteiger partial charge is 0.000246 e. The second kappa shape index (κ2) is 6.12. The number of rotatable bonds is 4. The molecule has 0 N–H and O–H groups in total. The van der Waals surface area contributed by atoms with Crippen molar-refractivity contribution in [1.82, 2.24) is 4.90 Å². The number of hydrogen-bond acceptors (Lipinski definition) is 1. The van der Waals surface area contributed by atoms with Gasteiger partial charge in [-0.05, 0) is 33.5 Å². The topological polar surface area (TPSA) is 3.24 Å². The van der Waals surface area contributed by atoms with Crippen LogP contribution in [0.1, 0.15) is 12.8 Å². The van der Waals surface area contributed by atoms with Crippen LogP contribution >= 0.6 is 11.6 Å². The van der Waals surface area contributed by atoms with Crippen LogP contribution in [-0.2, 0) is 0 Å². The van der Waals surface area contributed by atoms with E-state index in [0.29, 0.717) is 0 Å². The Bertz CT molecular complexity index is 79.0. The van der Waals surface area contributed by atoms with Gasteiger partial charge in [0.1, 0.15) is 0 Å². The molecule has 0 aromatic heterocycles. The maximum absolute atomic E-state index is 5.32. The van der Waals surface area contributed by atoms with Crippen LogP contribution in [-0.4, -0.2) is 25.5 Å². The van der Waals surface area contributed by atoms with E-state index in [9.17, 15) is 0 Å². The van der Waals surface area contributed by atoms with Gasteiger partial charge in [0.2, 0.25) is 0 Å². The fraction of sp³-hybridized carbons (Fsp3) is 0.714. The van der Waals surface area contributed by atoms with Crippen molar-refractivity contribution in [2.75, 3.05) is 20.6 Å². The minimum Gasteiger partial charge on any atom is -0.309 e. The first-order valence-electron chi connectivity index (χ1n) is 3.17. The summed E-state index contributed by atoms with van der Waals surface area (Å²) in [4.78, 5) is 2.17. The van der Waals surface area contributed by atoms with Crippen molar-refractivity contribution in [1.29, 1.82) is 0 Å². The summed E-state index contributed by atoms with van der Waals surface area (Å²) in [5.74, 6) is 0. The molecule has 0 heterocycles. The van der Waals surface area contributed by atoms with Crippen molar-refractivity contribution in [3.8, 4) is 0 Å². The maximum Gasteiger partial charge on any atom is 0.000246 e. The second-order valence-electron chi connectivity index (χ2n) is 2.31. The Labute approximate surface area is 62.3 Å². The van der Waals surface area contributed by atoms with Gasteiger partial charge < -0.3 is 4.90 Å². The first kappa shape index (κ1) is 8.99. The van der Waals surface area contributed by atoms with Crippen molar-refractivity contribution in [3.05, 3.63) is 11.6 Å². The minimum absolute atomic E-state index is 1.08. The zero-order valence-corrected chi connectivity index (χ0v) is 6.86. The fourth-order valence-electron chi connectivity index (χ4n) is 0.588. The van der Waals surface area contributed by atoms with Crippen molar-refractivity contribution in [2.45, 2.75) is 12.8 Å². The molecule has 2 heteroatoms. The molecule has 0 amide bonds. The van der Waals surface area contributed by atoms with E-state index in [1.807, 2.05) is 6.08 Å². The maximum atomic E-state index is 5.32. The van der Waals surface area contributed by atoms with Gasteiger partial charge in [0.05, 0.1) is 0 Å². The zero-order valence-electron chi connectivity index (χ0n) is 6.10. The second-order valence-corrected chi connectivity index (χ2v) is 2.56. The highest BCUT2D eigenvalue weighted by molar-refractivity contribution is 6.25. The highest BCUT2D eigenvalue weighted by Crippen LogP contribution is 1.92. The molecule has 54 valence electrons. The van der Waals surface area contributed by atoms with Crippen LogP contribution in [0.3, 0.4) is 0 Å². The van der Waals surface area contributed by atoms with Crippen LogP contribution in [0.5, 0.6) is 0 Å². The van der Waals surface area contributed by atoms with Crippen LogP contribution in [0.2, 0.25) is 0 Å². The monoisotopic (exact) mass is 147 g/mol. The van der Waals surface area contributed by atoms with E-state index in [1.165, 1.54) is 6.42 Å². The molecule has 9 heavy (non-hydrogen) atoms. The number of nitrogens with zero attached hydrogens (tertiary/aromatic N) is 1. The molecule has 0 aromatic rings. The summed E-state index contributed by atoms with van der Waals surface area (Å²) in [5, 5.41) is 0. The summed E-state index contributed by atoms with van der Waals surface area (Å²) < 4.78 is 0. The molecule has 1 nitrogen and oxygen atoms in total. The van der Waals surface area contributed by atoms with Crippen LogP contribution in [0, 0.1) is 0 Å². The average molecular weight is 148 g/mol. The zero-order chi connectivity index (χ0) is 7.11. The van der Waals surface area contributed by atoms with Crippen molar-refractivity contribution in [3.63, 3.8) is 0 Å². The molecule has 0 bridgehead atoms. The van der Waals surface area contributed by atoms with Crippen LogP contribution in [0.15, 0.2) is 11.6 Å². The number of hydrogen-bond donors (Lipinski definition) is 0. The van der Waals surface area contributed by atoms with E-state index in [-0.39, 0.29) is 0 Å². The molecule has 0 saturated heterocycles. The summed E-state index contributed by atoms with van der Waals surface area (Å²) in [7, 11) is 4.15. The van der Waals surface area contributed by atoms with Gasteiger partial charge in [-0.3, -0.25) is 0 Å². The molecule has 0 aromatic carbocycles. The molecule has 0 unspecified atom stereocenters. The van der Waals surface area contributed by atoms with Gasteiger partial charge in [-0.25, -0.2) is 0 Å². The molecule has 0 radical (unpaired) electrons. The molecule has 0 rings (SSSR count). The van der Waals surface area contributed by atoms with Gasteiger partial charge in [0.15, 0.2) is 0 Å². The van der Waals surface area contributed by atoms with Crippen molar-refractivity contribution >= 4 is 11.6 Å². The van der Waals surface area contributed by atoms with Gasteiger partial charge in [-0.1, -0.05) is 17.7 Å². The first-order valence-corrected chi connectivity index (χ1v) is 3.61. The number of allylic oxidation sites excluding steroid dienone is 1. The molecular formula is C7H14ClN. The predicted octanol–water partition coefficient (Wildman–Crippen LogP) is 2.08. The summed E-state index contributed by atoms with van der Waals surface area (Å²) in [6, 6.07) is 0. The normalized spacial score (nSPS) is 11.6. The molecule has 0 atom stereocenters. The fourth-order valence-corrected chi connectivity index (χ4v) is 0.714. The molecule has 0 aliphatic rings. The Kier molecular flexibility index (Phi) is 6.11.